The third-order valence-electron chi connectivity index (χ3n) is 5.65. The number of nitrogens with one attached hydrogen (secondary N) is 2. The van der Waals surface area contributed by atoms with Gasteiger partial charge < -0.3 is 20.0 Å². The van der Waals surface area contributed by atoms with Gasteiger partial charge in [0.25, 0.3) is 0 Å². The van der Waals surface area contributed by atoms with E-state index in [4.69, 9.17) is 11.6 Å². The molecule has 2 fully saturated rings. The minimum Gasteiger partial charge on any atom is -0.333 e. The first-order valence-corrected chi connectivity index (χ1v) is 10.4. The molecule has 4 rings (SSSR count). The fourth-order valence-electron chi connectivity index (χ4n) is 4.03. The van der Waals surface area contributed by atoms with E-state index in [2.05, 4.69) is 29.6 Å². The van der Waals surface area contributed by atoms with Crippen LogP contribution in [0.15, 0.2) is 54.6 Å². The van der Waals surface area contributed by atoms with Gasteiger partial charge in [-0.3, -0.25) is 4.79 Å². The minimum absolute atomic E-state index is 0.0229. The Balaban J connectivity index is 1.26. The molecule has 29 heavy (non-hydrogen) atoms. The molecule has 7 heteroatoms. The molecule has 0 aromatic heterocycles. The van der Waals surface area contributed by atoms with Crippen molar-refractivity contribution in [2.45, 2.75) is 19.0 Å². The van der Waals surface area contributed by atoms with Gasteiger partial charge >= 0.3 is 6.03 Å². The van der Waals surface area contributed by atoms with Gasteiger partial charge in [0.05, 0.1) is 32.2 Å². The van der Waals surface area contributed by atoms with E-state index in [0.717, 1.165) is 38.4 Å². The summed E-state index contributed by atoms with van der Waals surface area (Å²) in [4.78, 5) is 30.1. The summed E-state index contributed by atoms with van der Waals surface area (Å²) in [6.45, 7) is 4.81. The molecule has 2 heterocycles. The maximum atomic E-state index is 12.7. The van der Waals surface area contributed by atoms with Crippen molar-refractivity contribution in [2.24, 2.45) is 0 Å². The molecule has 0 unspecified atom stereocenters. The van der Waals surface area contributed by atoms with Gasteiger partial charge in [-0.15, -0.1) is 0 Å². The van der Waals surface area contributed by atoms with Crippen molar-refractivity contribution in [1.82, 2.24) is 10.2 Å². The zero-order chi connectivity index (χ0) is 20.2. The summed E-state index contributed by atoms with van der Waals surface area (Å²) < 4.78 is 0. The topological polar surface area (TPSA) is 57.1 Å². The molecule has 2 N–H and O–H groups in total. The third-order valence-corrected chi connectivity index (χ3v) is 5.90. The van der Waals surface area contributed by atoms with E-state index in [1.807, 2.05) is 23.1 Å². The zero-order valence-electron chi connectivity index (χ0n) is 16.3. The fraction of sp³-hybridized carbons (Fsp3) is 0.364. The molecule has 0 saturated carbocycles. The standard InChI is InChI=1S/C22H25ClN4O2/c23-18-6-8-20(9-7-18)27-16-19(14-21(27)28)24-22(29)26-12-10-25(11-13-26)15-17-4-2-1-3-5-17/h1-9,19H,10-16H2,(H,24,29)/p+1/t19-/m0/s1. The van der Waals surface area contributed by atoms with Crippen molar-refractivity contribution < 1.29 is 14.5 Å². The minimum atomic E-state index is -0.166. The monoisotopic (exact) mass is 413 g/mol. The SMILES string of the molecule is O=C(N[C@H]1CC(=O)N(c2ccc(Cl)cc2)C1)N1CC[NH+](Cc2ccccc2)CC1. The molecule has 2 aromatic rings. The molecule has 0 spiro atoms. The summed E-state index contributed by atoms with van der Waals surface area (Å²) in [6.07, 6.45) is 0.327. The molecule has 3 amide bonds. The van der Waals surface area contributed by atoms with E-state index in [9.17, 15) is 9.59 Å². The first-order chi connectivity index (χ1) is 14.1. The van der Waals surface area contributed by atoms with Gasteiger partial charge in [0.15, 0.2) is 0 Å². The average Bonchev–Trinajstić information content (AvgIpc) is 3.10. The van der Waals surface area contributed by atoms with E-state index in [1.165, 1.54) is 10.5 Å². The lowest BCUT2D eigenvalue weighted by molar-refractivity contribution is -0.917. The van der Waals surface area contributed by atoms with Crippen molar-refractivity contribution in [3.05, 3.63) is 65.2 Å². The number of carbonyl (C=O) groups is 2. The number of hydrogen-bond acceptors (Lipinski definition) is 2. The normalized spacial score (nSPS) is 20.2. The molecule has 2 aliphatic rings. The Morgan fingerprint density at radius 1 is 1.07 bits per heavy atom. The first kappa shape index (κ1) is 19.7. The number of piperazine rings is 1. The molecule has 2 aliphatic heterocycles. The molecule has 6 nitrogen and oxygen atoms in total. The molecule has 2 saturated heterocycles. The van der Waals surface area contributed by atoms with Crippen LogP contribution in [0.25, 0.3) is 0 Å². The zero-order valence-corrected chi connectivity index (χ0v) is 17.1. The quantitative estimate of drug-likeness (QED) is 0.799. The Labute approximate surface area is 176 Å². The lowest BCUT2D eigenvalue weighted by Gasteiger charge is -2.33. The molecule has 0 aliphatic carbocycles. The Morgan fingerprint density at radius 3 is 2.45 bits per heavy atom. The maximum absolute atomic E-state index is 12.7. The van der Waals surface area contributed by atoms with Crippen LogP contribution in [0, 0.1) is 0 Å². The smallest absolute Gasteiger partial charge is 0.318 e. The molecule has 2 aromatic carbocycles. The fourth-order valence-corrected chi connectivity index (χ4v) is 4.15. The van der Waals surface area contributed by atoms with Gasteiger partial charge in [-0.1, -0.05) is 41.9 Å². The predicted octanol–water partition coefficient (Wildman–Crippen LogP) is 1.56. The van der Waals surface area contributed by atoms with Crippen LogP contribution < -0.4 is 15.1 Å². The lowest BCUT2D eigenvalue weighted by atomic mass is 10.2. The summed E-state index contributed by atoms with van der Waals surface area (Å²) in [6, 6.07) is 17.4. The van der Waals surface area contributed by atoms with E-state index in [-0.39, 0.29) is 18.0 Å². The van der Waals surface area contributed by atoms with Gasteiger partial charge in [-0.2, -0.15) is 0 Å². The second kappa shape index (κ2) is 8.84. The Bertz CT molecular complexity index is 851. The molecule has 1 atom stereocenters. The molecule has 152 valence electrons. The summed E-state index contributed by atoms with van der Waals surface area (Å²) in [5.74, 6) is 0.0229. The Hall–Kier alpha value is -2.57. The number of urea groups is 1. The van der Waals surface area contributed by atoms with E-state index in [0.29, 0.717) is 18.0 Å². The van der Waals surface area contributed by atoms with Crippen LogP contribution in [-0.4, -0.2) is 55.6 Å². The number of quaternary nitrogens is 1. The number of hydrogen-bond donors (Lipinski definition) is 2. The van der Waals surface area contributed by atoms with Crippen LogP contribution in [0.2, 0.25) is 5.02 Å². The number of carbonyl (C=O) groups excluding carboxylic acids is 2. The number of halogens is 1. The second-order valence-electron chi connectivity index (χ2n) is 7.73. The highest BCUT2D eigenvalue weighted by Crippen LogP contribution is 2.23. The molecular weight excluding hydrogens is 388 g/mol. The number of benzene rings is 2. The lowest BCUT2D eigenvalue weighted by Crippen LogP contribution is -3.13. The summed E-state index contributed by atoms with van der Waals surface area (Å²) in [5, 5.41) is 3.68. The summed E-state index contributed by atoms with van der Waals surface area (Å²) in [5.41, 5.74) is 2.14. The van der Waals surface area contributed by atoms with Crippen molar-refractivity contribution in [1.29, 1.82) is 0 Å². The van der Waals surface area contributed by atoms with Gasteiger partial charge in [0.1, 0.15) is 6.54 Å². The highest BCUT2D eigenvalue weighted by molar-refractivity contribution is 6.30. The van der Waals surface area contributed by atoms with Crippen molar-refractivity contribution >= 4 is 29.2 Å². The summed E-state index contributed by atoms with van der Waals surface area (Å²) >= 11 is 5.93. The van der Waals surface area contributed by atoms with Crippen LogP contribution in [0.4, 0.5) is 10.5 Å². The van der Waals surface area contributed by atoms with Crippen molar-refractivity contribution in [3.63, 3.8) is 0 Å². The maximum Gasteiger partial charge on any atom is 0.318 e. The first-order valence-electron chi connectivity index (χ1n) is 10.1. The summed E-state index contributed by atoms with van der Waals surface area (Å²) in [7, 11) is 0. The highest BCUT2D eigenvalue weighted by Gasteiger charge is 2.33. The number of nitrogens with zero attached hydrogens (tertiary/aromatic N) is 2. The average molecular weight is 414 g/mol. The van der Waals surface area contributed by atoms with Gasteiger partial charge in [0, 0.05) is 29.2 Å². The number of amides is 3. The van der Waals surface area contributed by atoms with Crippen LogP contribution in [0.5, 0.6) is 0 Å². The van der Waals surface area contributed by atoms with Crippen LogP contribution in [0.3, 0.4) is 0 Å². The molecule has 0 radical (unpaired) electrons. The molecular formula is C22H26ClN4O2+. The predicted molar refractivity (Wildman–Crippen MR) is 113 cm³/mol. The third kappa shape index (κ3) is 4.89. The van der Waals surface area contributed by atoms with Gasteiger partial charge in [-0.25, -0.2) is 4.79 Å². The van der Waals surface area contributed by atoms with Gasteiger partial charge in [0.2, 0.25) is 5.91 Å². The van der Waals surface area contributed by atoms with Crippen LogP contribution in [0.1, 0.15) is 12.0 Å². The highest BCUT2D eigenvalue weighted by atomic mass is 35.5. The van der Waals surface area contributed by atoms with E-state index < -0.39 is 0 Å². The van der Waals surface area contributed by atoms with E-state index in [1.54, 1.807) is 17.0 Å². The Kier molecular flexibility index (Phi) is 6.02. The number of rotatable bonds is 4. The largest absolute Gasteiger partial charge is 0.333 e. The molecule has 0 bridgehead atoms. The van der Waals surface area contributed by atoms with E-state index >= 15 is 0 Å². The number of anilines is 1. The van der Waals surface area contributed by atoms with Crippen LogP contribution >= 0.6 is 11.6 Å². The van der Waals surface area contributed by atoms with Crippen molar-refractivity contribution in [2.75, 3.05) is 37.6 Å². The second-order valence-corrected chi connectivity index (χ2v) is 8.17. The van der Waals surface area contributed by atoms with Crippen LogP contribution in [-0.2, 0) is 11.3 Å². The van der Waals surface area contributed by atoms with Gasteiger partial charge in [-0.05, 0) is 24.3 Å². The Morgan fingerprint density at radius 2 is 1.76 bits per heavy atom. The van der Waals surface area contributed by atoms with Crippen molar-refractivity contribution in [3.8, 4) is 0 Å².